The second-order valence-electron chi connectivity index (χ2n) is 6.79. The van der Waals surface area contributed by atoms with Crippen LogP contribution >= 0.6 is 0 Å². The van der Waals surface area contributed by atoms with Gasteiger partial charge in [0.15, 0.2) is 12.7 Å². The molecule has 0 aliphatic carbocycles. The molecule has 33 heavy (non-hydrogen) atoms. The maximum atomic E-state index is 13.9. The van der Waals surface area contributed by atoms with E-state index in [1.807, 2.05) is 0 Å². The molecule has 13 heteroatoms. The summed E-state index contributed by atoms with van der Waals surface area (Å²) in [5, 5.41) is 4.11. The number of hydrogen-bond donors (Lipinski definition) is 2. The second-order valence-corrected chi connectivity index (χ2v) is 6.79. The van der Waals surface area contributed by atoms with Crippen molar-refractivity contribution in [3.8, 4) is 11.8 Å². The summed E-state index contributed by atoms with van der Waals surface area (Å²) in [6.45, 7) is 0.728. The van der Waals surface area contributed by atoms with Crippen LogP contribution in [0, 0.1) is 6.92 Å². The molecule has 3 aromatic rings. The summed E-state index contributed by atoms with van der Waals surface area (Å²) in [4.78, 5) is 31.1. The van der Waals surface area contributed by atoms with Gasteiger partial charge in [-0.2, -0.15) is 0 Å². The minimum Gasteiger partial charge on any atom is -0.472 e. The fourth-order valence-corrected chi connectivity index (χ4v) is 2.80. The van der Waals surface area contributed by atoms with E-state index in [0.717, 1.165) is 12.3 Å². The lowest BCUT2D eigenvalue weighted by molar-refractivity contribution is 0.00725. The van der Waals surface area contributed by atoms with Gasteiger partial charge in [-0.1, -0.05) is 0 Å². The molecule has 9 nitrogen and oxygen atoms in total. The highest BCUT2D eigenvalue weighted by Gasteiger charge is 2.28. The van der Waals surface area contributed by atoms with Crippen LogP contribution in [0.25, 0.3) is 12.2 Å². The number of ether oxygens (including phenoxy) is 2. The number of nitrogens with one attached hydrogen (secondary N) is 2. The molecular formula is C20H19F4N5O4. The molecule has 0 aromatic carbocycles. The summed E-state index contributed by atoms with van der Waals surface area (Å²) in [6, 6.07) is 2.33. The van der Waals surface area contributed by atoms with E-state index in [-0.39, 0.29) is 22.9 Å². The van der Waals surface area contributed by atoms with Gasteiger partial charge in [0.05, 0.1) is 11.1 Å². The lowest BCUT2D eigenvalue weighted by atomic mass is 10.1. The van der Waals surface area contributed by atoms with Crippen LogP contribution in [0.15, 0.2) is 34.1 Å². The molecule has 1 atom stereocenters. The van der Waals surface area contributed by atoms with Gasteiger partial charge in [0.1, 0.15) is 0 Å². The summed E-state index contributed by atoms with van der Waals surface area (Å²) >= 11 is 0. The van der Waals surface area contributed by atoms with Crippen LogP contribution in [-0.2, 0) is 7.05 Å². The van der Waals surface area contributed by atoms with E-state index in [1.165, 1.54) is 29.1 Å². The summed E-state index contributed by atoms with van der Waals surface area (Å²) in [5.41, 5.74) is -0.392. The molecule has 176 valence electrons. The van der Waals surface area contributed by atoms with Crippen molar-refractivity contribution in [1.29, 1.82) is 0 Å². The van der Waals surface area contributed by atoms with Gasteiger partial charge in [-0.15, -0.1) is 5.10 Å². The average molecular weight is 469 g/mol. The van der Waals surface area contributed by atoms with Gasteiger partial charge >= 0.3 is 5.69 Å². The van der Waals surface area contributed by atoms with Crippen molar-refractivity contribution in [2.45, 2.75) is 25.9 Å². The van der Waals surface area contributed by atoms with E-state index in [4.69, 9.17) is 9.47 Å². The van der Waals surface area contributed by atoms with Crippen LogP contribution in [0.1, 0.15) is 28.5 Å². The zero-order chi connectivity index (χ0) is 24.1. The molecule has 3 heterocycles. The number of pyridine rings is 1. The van der Waals surface area contributed by atoms with Gasteiger partial charge in [-0.25, -0.2) is 27.3 Å². The molecule has 1 unspecified atom stereocenters. The normalized spacial score (nSPS) is 12.6. The topological polar surface area (TPSA) is 115 Å². The molecule has 0 amide bonds. The molecule has 0 aliphatic rings. The van der Waals surface area contributed by atoms with Crippen molar-refractivity contribution in [2.75, 3.05) is 6.61 Å². The number of aryl methyl sites for hydroxylation is 1. The average Bonchev–Trinajstić information content (AvgIpc) is 3.02. The highest BCUT2D eigenvalue weighted by atomic mass is 19.3. The lowest BCUT2D eigenvalue weighted by Crippen LogP contribution is -2.22. The zero-order valence-corrected chi connectivity index (χ0v) is 17.4. The number of hydrogen-bond acceptors (Lipinski definition) is 6. The Hall–Kier alpha value is -3.90. The summed E-state index contributed by atoms with van der Waals surface area (Å²) in [5.74, 6) is -0.402. The quantitative estimate of drug-likeness (QED) is 0.466. The predicted octanol–water partition coefficient (Wildman–Crippen LogP) is 2.70. The van der Waals surface area contributed by atoms with Crippen molar-refractivity contribution in [3.05, 3.63) is 67.7 Å². The number of nitrogens with zero attached hydrogens (tertiary/aromatic N) is 3. The Labute approximate surface area is 183 Å². The zero-order valence-electron chi connectivity index (χ0n) is 17.4. The Morgan fingerprint density at radius 3 is 2.64 bits per heavy atom. The van der Waals surface area contributed by atoms with Gasteiger partial charge < -0.3 is 14.5 Å². The molecule has 2 N–H and O–H groups in total. The second kappa shape index (κ2) is 10.1. The van der Waals surface area contributed by atoms with E-state index in [2.05, 4.69) is 20.1 Å². The van der Waals surface area contributed by atoms with Gasteiger partial charge in [0.2, 0.25) is 11.8 Å². The van der Waals surface area contributed by atoms with Crippen LogP contribution in [0.3, 0.4) is 0 Å². The van der Waals surface area contributed by atoms with Crippen LogP contribution in [0.5, 0.6) is 11.8 Å². The largest absolute Gasteiger partial charge is 0.472 e. The first-order valence-electron chi connectivity index (χ1n) is 9.51. The number of aromatic nitrogens is 5. The van der Waals surface area contributed by atoms with E-state index in [1.54, 1.807) is 14.0 Å². The molecule has 0 aliphatic heterocycles. The standard InChI is InChI=1S/C20H19F4N5O4/c1-10-13(4-3-12-8-26-20(31)27-18(12)30)19(28-29(10)2)33-16(17(23)24)11-5-6-25-15(7-11)32-9-14(21)22/h3-8,14,16-17H,9H2,1-2H3,(H2,26,27,30,31). The van der Waals surface area contributed by atoms with E-state index >= 15 is 0 Å². The number of H-pyrrole nitrogens is 2. The third-order valence-corrected chi connectivity index (χ3v) is 4.54. The Morgan fingerprint density at radius 1 is 1.21 bits per heavy atom. The first kappa shape index (κ1) is 23.8. The molecule has 0 bridgehead atoms. The molecule has 0 spiro atoms. The Morgan fingerprint density at radius 2 is 1.97 bits per heavy atom. The maximum absolute atomic E-state index is 13.9. The molecular weight excluding hydrogens is 450 g/mol. The van der Waals surface area contributed by atoms with E-state index < -0.39 is 36.8 Å². The van der Waals surface area contributed by atoms with Gasteiger partial charge in [-0.05, 0) is 25.1 Å². The van der Waals surface area contributed by atoms with Crippen molar-refractivity contribution >= 4 is 12.2 Å². The van der Waals surface area contributed by atoms with Crippen LogP contribution < -0.4 is 20.7 Å². The van der Waals surface area contributed by atoms with Gasteiger partial charge in [0, 0.05) is 36.8 Å². The monoisotopic (exact) mass is 469 g/mol. The van der Waals surface area contributed by atoms with Crippen molar-refractivity contribution < 1.29 is 27.0 Å². The highest BCUT2D eigenvalue weighted by Crippen LogP contribution is 2.32. The first-order chi connectivity index (χ1) is 15.7. The molecule has 0 fully saturated rings. The van der Waals surface area contributed by atoms with E-state index in [0.29, 0.717) is 11.3 Å². The van der Waals surface area contributed by atoms with E-state index in [9.17, 15) is 27.2 Å². The van der Waals surface area contributed by atoms with Crippen LogP contribution in [-0.4, -0.2) is 44.2 Å². The summed E-state index contributed by atoms with van der Waals surface area (Å²) in [7, 11) is 1.58. The number of aromatic amines is 2. The highest BCUT2D eigenvalue weighted by molar-refractivity contribution is 5.72. The number of halogens is 4. The fourth-order valence-electron chi connectivity index (χ4n) is 2.80. The van der Waals surface area contributed by atoms with Crippen LogP contribution in [0.4, 0.5) is 17.6 Å². The van der Waals surface area contributed by atoms with Gasteiger partial charge in [-0.3, -0.25) is 14.5 Å². The number of alkyl halides is 4. The minimum atomic E-state index is -3.00. The molecule has 0 radical (unpaired) electrons. The predicted molar refractivity (Wildman–Crippen MR) is 110 cm³/mol. The summed E-state index contributed by atoms with van der Waals surface area (Å²) in [6.07, 6.45) is -2.42. The molecule has 3 aromatic heterocycles. The van der Waals surface area contributed by atoms with Gasteiger partial charge in [0.25, 0.3) is 18.4 Å². The Bertz CT molecular complexity index is 1250. The SMILES string of the molecule is Cc1c(C=Cc2c[nH]c(=O)[nH]c2=O)c(OC(c2ccnc(OCC(F)F)c2)C(F)F)nn1C. The third-order valence-electron chi connectivity index (χ3n) is 4.54. The van der Waals surface area contributed by atoms with Crippen molar-refractivity contribution in [1.82, 2.24) is 24.7 Å². The Balaban J connectivity index is 1.92. The maximum Gasteiger partial charge on any atom is 0.325 e. The smallest absolute Gasteiger partial charge is 0.325 e. The Kier molecular flexibility index (Phi) is 7.30. The minimum absolute atomic E-state index is 0.0559. The third kappa shape index (κ3) is 5.87. The molecule has 0 saturated heterocycles. The first-order valence-corrected chi connectivity index (χ1v) is 9.51. The molecule has 0 saturated carbocycles. The fraction of sp³-hybridized carbons (Fsp3) is 0.300. The molecule has 3 rings (SSSR count). The summed E-state index contributed by atoms with van der Waals surface area (Å²) < 4.78 is 64.1. The van der Waals surface area contributed by atoms with Crippen molar-refractivity contribution in [3.63, 3.8) is 0 Å². The lowest BCUT2D eigenvalue weighted by Gasteiger charge is -2.18. The van der Waals surface area contributed by atoms with Crippen LogP contribution in [0.2, 0.25) is 0 Å². The number of rotatable bonds is 9. The van der Waals surface area contributed by atoms with Crippen molar-refractivity contribution in [2.24, 2.45) is 7.05 Å².